The predicted octanol–water partition coefficient (Wildman–Crippen LogP) is 6.05. The second kappa shape index (κ2) is 6.28. The Morgan fingerprint density at radius 2 is 1.76 bits per heavy atom. The summed E-state index contributed by atoms with van der Waals surface area (Å²) in [5, 5.41) is 0. The Bertz CT molecular complexity index is 420. The third kappa shape index (κ3) is 3.62. The first-order chi connectivity index (χ1) is 9.75. The van der Waals surface area contributed by atoms with E-state index in [1.807, 2.05) is 0 Å². The van der Waals surface area contributed by atoms with Crippen molar-refractivity contribution in [2.24, 2.45) is 11.3 Å². The van der Waals surface area contributed by atoms with E-state index in [4.69, 9.17) is 4.74 Å². The average molecular weight is 290 g/mol. The Hall–Kier alpha value is -0.560. The second-order valence-corrected chi connectivity index (χ2v) is 8.28. The van der Waals surface area contributed by atoms with E-state index in [9.17, 15) is 0 Å². The Balaban J connectivity index is 1.85. The van der Waals surface area contributed by atoms with Gasteiger partial charge in [0, 0.05) is 0 Å². The maximum absolute atomic E-state index is 6.32. The van der Waals surface area contributed by atoms with Crippen LogP contribution in [0.4, 0.5) is 0 Å². The fraction of sp³-hybridized carbons (Fsp3) is 0.800. The second-order valence-electron chi connectivity index (χ2n) is 8.28. The van der Waals surface area contributed by atoms with Gasteiger partial charge in [0.2, 0.25) is 0 Å². The first-order valence-electron chi connectivity index (χ1n) is 8.72. The fourth-order valence-corrected chi connectivity index (χ4v) is 4.51. The van der Waals surface area contributed by atoms with Crippen LogP contribution in [0, 0.1) is 11.3 Å². The van der Waals surface area contributed by atoms with Crippen molar-refractivity contribution in [2.75, 3.05) is 0 Å². The fourth-order valence-electron chi connectivity index (χ4n) is 4.51. The van der Waals surface area contributed by atoms with Gasteiger partial charge in [0.1, 0.15) is 0 Å². The molecule has 2 saturated heterocycles. The highest BCUT2D eigenvalue weighted by Crippen LogP contribution is 2.59. The summed E-state index contributed by atoms with van der Waals surface area (Å²) >= 11 is 0. The molecule has 2 heterocycles. The molecule has 0 N–H and O–H groups in total. The monoisotopic (exact) mass is 290 g/mol. The summed E-state index contributed by atoms with van der Waals surface area (Å²) in [7, 11) is 0. The molecule has 0 aromatic carbocycles. The molecule has 3 unspecified atom stereocenters. The topological polar surface area (TPSA) is 9.23 Å². The van der Waals surface area contributed by atoms with Gasteiger partial charge in [-0.25, -0.2) is 0 Å². The molecule has 0 saturated carbocycles. The quantitative estimate of drug-likeness (QED) is 0.427. The molecule has 120 valence electrons. The van der Waals surface area contributed by atoms with E-state index < -0.39 is 0 Å². The van der Waals surface area contributed by atoms with Gasteiger partial charge in [0.25, 0.3) is 0 Å². The number of fused-ring (bicyclic) bond motifs is 2. The van der Waals surface area contributed by atoms with Gasteiger partial charge < -0.3 is 4.74 Å². The summed E-state index contributed by atoms with van der Waals surface area (Å²) in [6, 6.07) is 0. The van der Waals surface area contributed by atoms with Gasteiger partial charge in [-0.05, 0) is 77.6 Å². The van der Waals surface area contributed by atoms with Gasteiger partial charge in [-0.3, -0.25) is 0 Å². The third-order valence-corrected chi connectivity index (χ3v) is 5.82. The van der Waals surface area contributed by atoms with Crippen LogP contribution in [0.5, 0.6) is 0 Å². The molecule has 1 heteroatoms. The standard InChI is InChI=1S/C20H34O/c1-15(2)9-7-8-10-16(3)11-12-17-19(4,5)18-13-14-20(17,6)21-18/h9-10,17-18H,7-8,11-14H2,1-6H3. The highest BCUT2D eigenvalue weighted by atomic mass is 16.5. The van der Waals surface area contributed by atoms with Crippen molar-refractivity contribution in [1.29, 1.82) is 0 Å². The highest BCUT2D eigenvalue weighted by molar-refractivity contribution is 5.10. The van der Waals surface area contributed by atoms with Crippen molar-refractivity contribution in [1.82, 2.24) is 0 Å². The van der Waals surface area contributed by atoms with Crippen LogP contribution in [0.25, 0.3) is 0 Å². The van der Waals surface area contributed by atoms with Crippen LogP contribution in [-0.2, 0) is 4.74 Å². The summed E-state index contributed by atoms with van der Waals surface area (Å²) in [5.74, 6) is 0.713. The van der Waals surface area contributed by atoms with Crippen molar-refractivity contribution in [3.63, 3.8) is 0 Å². The summed E-state index contributed by atoms with van der Waals surface area (Å²) < 4.78 is 6.32. The molecule has 21 heavy (non-hydrogen) atoms. The van der Waals surface area contributed by atoms with Gasteiger partial charge >= 0.3 is 0 Å². The molecule has 0 aliphatic carbocycles. The largest absolute Gasteiger partial charge is 0.371 e. The number of ether oxygens (including phenoxy) is 1. The molecule has 3 atom stereocenters. The van der Waals surface area contributed by atoms with E-state index in [1.165, 1.54) is 44.1 Å². The molecule has 0 aromatic rings. The Morgan fingerprint density at radius 1 is 1.10 bits per heavy atom. The lowest BCUT2D eigenvalue weighted by molar-refractivity contribution is 0.00470. The van der Waals surface area contributed by atoms with Crippen molar-refractivity contribution in [3.05, 3.63) is 23.3 Å². The lowest BCUT2D eigenvalue weighted by Gasteiger charge is -2.39. The zero-order valence-corrected chi connectivity index (χ0v) is 15.0. The Morgan fingerprint density at radius 3 is 2.33 bits per heavy atom. The Kier molecular flexibility index (Phi) is 5.03. The van der Waals surface area contributed by atoms with Gasteiger partial charge in [-0.2, -0.15) is 0 Å². The van der Waals surface area contributed by atoms with E-state index in [0.29, 0.717) is 17.4 Å². The molecule has 0 radical (unpaired) electrons. The number of hydrogen-bond acceptors (Lipinski definition) is 1. The molecule has 0 spiro atoms. The molecule has 1 nitrogen and oxygen atoms in total. The molecular weight excluding hydrogens is 256 g/mol. The van der Waals surface area contributed by atoms with Crippen LogP contribution in [0.2, 0.25) is 0 Å². The SMILES string of the molecule is CC(C)=CCCC=C(C)CCC1C2(C)CCC(O2)C1(C)C. The van der Waals surface area contributed by atoms with Crippen LogP contribution >= 0.6 is 0 Å². The van der Waals surface area contributed by atoms with E-state index in [1.54, 1.807) is 5.57 Å². The summed E-state index contributed by atoms with van der Waals surface area (Å²) in [5.41, 5.74) is 3.49. The predicted molar refractivity (Wildman–Crippen MR) is 91.4 cm³/mol. The average Bonchev–Trinajstić information content (AvgIpc) is 2.85. The van der Waals surface area contributed by atoms with Crippen LogP contribution in [-0.4, -0.2) is 11.7 Å². The zero-order valence-electron chi connectivity index (χ0n) is 15.0. The van der Waals surface area contributed by atoms with Crippen molar-refractivity contribution in [2.45, 2.75) is 91.8 Å². The molecule has 2 aliphatic rings. The minimum absolute atomic E-state index is 0.149. The Labute approximate surface area is 131 Å². The van der Waals surface area contributed by atoms with Gasteiger partial charge in [0.15, 0.2) is 0 Å². The van der Waals surface area contributed by atoms with Crippen LogP contribution in [0.15, 0.2) is 23.3 Å². The highest BCUT2D eigenvalue weighted by Gasteiger charge is 2.60. The minimum Gasteiger partial charge on any atom is -0.371 e. The number of allylic oxidation sites excluding steroid dienone is 4. The van der Waals surface area contributed by atoms with E-state index >= 15 is 0 Å². The summed E-state index contributed by atoms with van der Waals surface area (Å²) in [6.07, 6.45) is 12.7. The molecule has 2 bridgehead atoms. The number of unbranched alkanes of at least 4 members (excludes halogenated alkanes) is 1. The van der Waals surface area contributed by atoms with Crippen molar-refractivity contribution in [3.8, 4) is 0 Å². The molecule has 0 aromatic heterocycles. The summed E-state index contributed by atoms with van der Waals surface area (Å²) in [6.45, 7) is 13.8. The van der Waals surface area contributed by atoms with Crippen LogP contribution in [0.3, 0.4) is 0 Å². The molecular formula is C20H34O. The third-order valence-electron chi connectivity index (χ3n) is 5.82. The van der Waals surface area contributed by atoms with E-state index in [2.05, 4.69) is 53.7 Å². The molecule has 0 amide bonds. The first kappa shape index (κ1) is 16.8. The maximum Gasteiger partial charge on any atom is 0.0693 e. The molecule has 2 fully saturated rings. The van der Waals surface area contributed by atoms with E-state index in [-0.39, 0.29) is 5.60 Å². The van der Waals surface area contributed by atoms with Crippen LogP contribution < -0.4 is 0 Å². The molecule has 2 aliphatic heterocycles. The van der Waals surface area contributed by atoms with Gasteiger partial charge in [-0.1, -0.05) is 37.1 Å². The molecule has 2 rings (SSSR count). The van der Waals surface area contributed by atoms with Gasteiger partial charge in [-0.15, -0.1) is 0 Å². The lowest BCUT2D eigenvalue weighted by atomic mass is 9.62. The summed E-state index contributed by atoms with van der Waals surface area (Å²) in [4.78, 5) is 0. The normalized spacial score (nSPS) is 34.3. The van der Waals surface area contributed by atoms with Crippen molar-refractivity contribution >= 4 is 0 Å². The smallest absolute Gasteiger partial charge is 0.0693 e. The minimum atomic E-state index is 0.149. The van der Waals surface area contributed by atoms with E-state index in [0.717, 1.165) is 0 Å². The maximum atomic E-state index is 6.32. The lowest BCUT2D eigenvalue weighted by Crippen LogP contribution is -2.40. The number of hydrogen-bond donors (Lipinski definition) is 0. The first-order valence-corrected chi connectivity index (χ1v) is 8.72. The number of rotatable bonds is 6. The van der Waals surface area contributed by atoms with Gasteiger partial charge in [0.05, 0.1) is 11.7 Å². The zero-order chi connectivity index (χ0) is 15.7. The van der Waals surface area contributed by atoms with Crippen LogP contribution in [0.1, 0.15) is 80.1 Å². The van der Waals surface area contributed by atoms with Crippen molar-refractivity contribution < 1.29 is 4.74 Å².